The Morgan fingerprint density at radius 3 is 2.62 bits per heavy atom. The molecule has 0 saturated carbocycles. The molecule has 0 radical (unpaired) electrons. The number of aromatic nitrogens is 1. The molecule has 3 aromatic carbocycles. The van der Waals surface area contributed by atoms with Crippen molar-refractivity contribution in [1.82, 2.24) is 10.3 Å². The largest absolute Gasteiger partial charge is 0.490 e. The third kappa shape index (κ3) is 6.57. The number of carbonyl (C=O) groups is 1. The van der Waals surface area contributed by atoms with Gasteiger partial charge < -0.3 is 30.8 Å². The van der Waals surface area contributed by atoms with Gasteiger partial charge in [-0.25, -0.2) is 9.18 Å². The highest BCUT2D eigenvalue weighted by Gasteiger charge is 2.08. The minimum absolute atomic E-state index is 0.204. The lowest BCUT2D eigenvalue weighted by Crippen LogP contribution is -2.32. The normalized spacial score (nSPS) is 11.8. The third-order valence-electron chi connectivity index (χ3n) is 5.25. The Hall–Kier alpha value is -3.88. The molecule has 176 valence electrons. The van der Waals surface area contributed by atoms with Crippen molar-refractivity contribution >= 4 is 28.3 Å². The summed E-state index contributed by atoms with van der Waals surface area (Å²) >= 11 is 0. The number of amides is 2. The molecule has 1 heterocycles. The maximum absolute atomic E-state index is 13.2. The number of anilines is 2. The van der Waals surface area contributed by atoms with Crippen LogP contribution in [0.25, 0.3) is 10.9 Å². The number of rotatable bonds is 10. The molecule has 0 spiro atoms. The topological polar surface area (TPSA) is 98.4 Å². The van der Waals surface area contributed by atoms with Crippen molar-refractivity contribution in [2.75, 3.05) is 30.3 Å². The number of urea groups is 1. The van der Waals surface area contributed by atoms with Gasteiger partial charge in [-0.05, 0) is 67.1 Å². The quantitative estimate of drug-likeness (QED) is 0.224. The second-order valence-electron chi connectivity index (χ2n) is 7.90. The first-order chi connectivity index (χ1) is 16.6. The van der Waals surface area contributed by atoms with Gasteiger partial charge in [0, 0.05) is 35.0 Å². The number of aliphatic hydroxyl groups is 1. The van der Waals surface area contributed by atoms with Crippen molar-refractivity contribution in [3.8, 4) is 5.75 Å². The van der Waals surface area contributed by atoms with Crippen LogP contribution in [0, 0.1) is 5.82 Å². The van der Waals surface area contributed by atoms with Crippen molar-refractivity contribution in [3.63, 3.8) is 0 Å². The van der Waals surface area contributed by atoms with Crippen LogP contribution in [0.1, 0.15) is 5.56 Å². The number of benzene rings is 3. The van der Waals surface area contributed by atoms with Crippen molar-refractivity contribution in [2.45, 2.75) is 12.5 Å². The summed E-state index contributed by atoms with van der Waals surface area (Å²) in [5.74, 6) is 0.334. The van der Waals surface area contributed by atoms with Gasteiger partial charge in [0.15, 0.2) is 0 Å². The van der Waals surface area contributed by atoms with Crippen LogP contribution < -0.4 is 20.7 Å². The fourth-order valence-corrected chi connectivity index (χ4v) is 3.54. The van der Waals surface area contributed by atoms with E-state index in [1.54, 1.807) is 6.07 Å². The Morgan fingerprint density at radius 2 is 1.79 bits per heavy atom. The van der Waals surface area contributed by atoms with E-state index in [1.165, 1.54) is 18.2 Å². The van der Waals surface area contributed by atoms with Crippen molar-refractivity contribution in [2.24, 2.45) is 0 Å². The Kier molecular flexibility index (Phi) is 7.75. The highest BCUT2D eigenvalue weighted by molar-refractivity contribution is 5.99. The van der Waals surface area contributed by atoms with Gasteiger partial charge in [0.1, 0.15) is 24.3 Å². The van der Waals surface area contributed by atoms with Crippen LogP contribution in [0.4, 0.5) is 20.6 Å². The number of hydrogen-bond donors (Lipinski definition) is 5. The van der Waals surface area contributed by atoms with E-state index in [4.69, 9.17) is 4.74 Å². The Morgan fingerprint density at radius 1 is 1.00 bits per heavy atom. The number of hydrogen-bond acceptors (Lipinski definition) is 4. The molecule has 1 atom stereocenters. The summed E-state index contributed by atoms with van der Waals surface area (Å²) in [4.78, 5) is 15.2. The van der Waals surface area contributed by atoms with E-state index < -0.39 is 18.0 Å². The zero-order valence-electron chi connectivity index (χ0n) is 18.6. The van der Waals surface area contributed by atoms with Crippen molar-refractivity contribution in [1.29, 1.82) is 0 Å². The van der Waals surface area contributed by atoms with E-state index in [0.29, 0.717) is 24.5 Å². The molecule has 0 aliphatic rings. The summed E-state index contributed by atoms with van der Waals surface area (Å²) in [6.07, 6.45) is 2.00. The van der Waals surface area contributed by atoms with Gasteiger partial charge in [0.2, 0.25) is 0 Å². The lowest BCUT2D eigenvalue weighted by molar-refractivity contribution is 0.107. The molecule has 8 heteroatoms. The maximum Gasteiger partial charge on any atom is 0.323 e. The first kappa shape index (κ1) is 23.3. The summed E-state index contributed by atoms with van der Waals surface area (Å²) in [5.41, 5.74) is 3.11. The van der Waals surface area contributed by atoms with E-state index >= 15 is 0 Å². The van der Waals surface area contributed by atoms with Crippen LogP contribution in [-0.4, -0.2) is 41.9 Å². The number of carbonyl (C=O) groups excluding carboxylic acids is 1. The Balaban J connectivity index is 1.14. The van der Waals surface area contributed by atoms with E-state index in [-0.39, 0.29) is 6.61 Å². The van der Waals surface area contributed by atoms with E-state index in [1.807, 2.05) is 54.7 Å². The fraction of sp³-hybridized carbons (Fsp3) is 0.192. The lowest BCUT2D eigenvalue weighted by Gasteiger charge is -2.14. The Labute approximate surface area is 197 Å². The number of nitrogens with one attached hydrogen (secondary N) is 4. The molecule has 4 aromatic rings. The van der Waals surface area contributed by atoms with Gasteiger partial charge in [0.25, 0.3) is 0 Å². The molecule has 34 heavy (non-hydrogen) atoms. The minimum atomic E-state index is -0.627. The van der Waals surface area contributed by atoms with Crippen LogP contribution in [0.15, 0.2) is 79.0 Å². The number of aromatic amines is 1. The molecule has 2 amide bonds. The predicted octanol–water partition coefficient (Wildman–Crippen LogP) is 4.52. The second kappa shape index (κ2) is 11.3. The van der Waals surface area contributed by atoms with Gasteiger partial charge >= 0.3 is 6.03 Å². The smallest absolute Gasteiger partial charge is 0.323 e. The molecule has 7 nitrogen and oxygen atoms in total. The lowest BCUT2D eigenvalue weighted by atomic mass is 10.1. The standard InChI is InChI=1S/C26H27FN4O3/c27-19-3-1-4-21(15-19)31-26(33)30-20-9-7-18(8-10-20)11-13-28-16-22(32)17-34-25-6-2-5-24-23(25)12-14-29-24/h1-10,12,14-15,22,28-29,32H,11,13,16-17H2,(H2,30,31,33)/t22-/m0/s1. The van der Waals surface area contributed by atoms with E-state index in [2.05, 4.69) is 20.9 Å². The van der Waals surface area contributed by atoms with Crippen LogP contribution in [0.2, 0.25) is 0 Å². The molecule has 5 N–H and O–H groups in total. The maximum atomic E-state index is 13.2. The molecule has 0 saturated heterocycles. The molecule has 0 bridgehead atoms. The fourth-order valence-electron chi connectivity index (χ4n) is 3.54. The molecular formula is C26H27FN4O3. The average Bonchev–Trinajstić information content (AvgIpc) is 3.31. The molecular weight excluding hydrogens is 435 g/mol. The molecule has 0 fully saturated rings. The summed E-state index contributed by atoms with van der Waals surface area (Å²) in [5, 5.41) is 19.7. The van der Waals surface area contributed by atoms with Crippen LogP contribution in [0.5, 0.6) is 5.75 Å². The van der Waals surface area contributed by atoms with Crippen LogP contribution in [0.3, 0.4) is 0 Å². The van der Waals surface area contributed by atoms with Crippen LogP contribution in [-0.2, 0) is 6.42 Å². The molecule has 0 unspecified atom stereocenters. The highest BCUT2D eigenvalue weighted by atomic mass is 19.1. The van der Waals surface area contributed by atoms with Crippen molar-refractivity contribution in [3.05, 3.63) is 90.4 Å². The monoisotopic (exact) mass is 462 g/mol. The van der Waals surface area contributed by atoms with Gasteiger partial charge in [-0.1, -0.05) is 24.3 Å². The van der Waals surface area contributed by atoms with Crippen LogP contribution >= 0.6 is 0 Å². The predicted molar refractivity (Wildman–Crippen MR) is 132 cm³/mol. The van der Waals surface area contributed by atoms with Gasteiger partial charge in [-0.15, -0.1) is 0 Å². The number of halogens is 1. The van der Waals surface area contributed by atoms with Gasteiger partial charge in [-0.2, -0.15) is 0 Å². The van der Waals surface area contributed by atoms with Gasteiger partial charge in [0.05, 0.1) is 0 Å². The zero-order chi connectivity index (χ0) is 23.8. The first-order valence-electron chi connectivity index (χ1n) is 11.1. The number of H-pyrrole nitrogens is 1. The summed E-state index contributed by atoms with van der Waals surface area (Å²) < 4.78 is 19.0. The molecule has 1 aromatic heterocycles. The first-order valence-corrected chi connectivity index (χ1v) is 11.1. The minimum Gasteiger partial charge on any atom is -0.490 e. The van der Waals surface area contributed by atoms with E-state index in [9.17, 15) is 14.3 Å². The average molecular weight is 463 g/mol. The molecule has 0 aliphatic carbocycles. The molecule has 0 aliphatic heterocycles. The number of aliphatic hydroxyl groups excluding tert-OH is 1. The zero-order valence-corrected chi connectivity index (χ0v) is 18.6. The summed E-state index contributed by atoms with van der Waals surface area (Å²) in [7, 11) is 0. The molecule has 4 rings (SSSR count). The number of ether oxygens (including phenoxy) is 1. The third-order valence-corrected chi connectivity index (χ3v) is 5.25. The second-order valence-corrected chi connectivity index (χ2v) is 7.90. The SMILES string of the molecule is O=C(Nc1ccc(CCNC[C@H](O)COc2cccc3[nH]ccc23)cc1)Nc1cccc(F)c1. The van der Waals surface area contributed by atoms with Gasteiger partial charge in [-0.3, -0.25) is 0 Å². The highest BCUT2D eigenvalue weighted by Crippen LogP contribution is 2.24. The summed E-state index contributed by atoms with van der Waals surface area (Å²) in [6, 6.07) is 20.5. The van der Waals surface area contributed by atoms with Crippen molar-refractivity contribution < 1.29 is 19.0 Å². The summed E-state index contributed by atoms with van der Waals surface area (Å²) in [6.45, 7) is 1.32. The van der Waals surface area contributed by atoms with E-state index in [0.717, 1.165) is 28.6 Å². The number of fused-ring (bicyclic) bond motifs is 1. The Bertz CT molecular complexity index is 1230.